The van der Waals surface area contributed by atoms with Crippen LogP contribution in [0, 0.1) is 0 Å². The fraction of sp³-hybridized carbons (Fsp3) is 0.471. The zero-order valence-corrected chi connectivity index (χ0v) is 13.6. The third-order valence-corrected chi connectivity index (χ3v) is 2.90. The maximum Gasteiger partial charge on any atom is 0.189 e. The van der Waals surface area contributed by atoms with Gasteiger partial charge in [-0.15, -0.1) is 0 Å². The molecule has 0 radical (unpaired) electrons. The number of ether oxygens (including phenoxy) is 1. The highest BCUT2D eigenvalue weighted by Gasteiger charge is 2.13. The highest BCUT2D eigenvalue weighted by atomic mass is 16.5. The van der Waals surface area contributed by atoms with Crippen LogP contribution < -0.4 is 15.8 Å². The third kappa shape index (κ3) is 6.84. The molecule has 4 heteroatoms. The first-order chi connectivity index (χ1) is 9.79. The van der Waals surface area contributed by atoms with Gasteiger partial charge in [0, 0.05) is 0 Å². The van der Waals surface area contributed by atoms with Crippen molar-refractivity contribution < 1.29 is 4.74 Å². The van der Waals surface area contributed by atoms with Crippen LogP contribution in [-0.4, -0.2) is 25.7 Å². The SMILES string of the molecule is C=C(C)CN=C(N)NCCOc1cccc(C(C)(C)C)c1. The van der Waals surface area contributed by atoms with Crippen molar-refractivity contribution in [2.75, 3.05) is 19.7 Å². The van der Waals surface area contributed by atoms with E-state index >= 15 is 0 Å². The molecule has 0 atom stereocenters. The molecule has 0 aliphatic carbocycles. The number of hydrogen-bond acceptors (Lipinski definition) is 2. The summed E-state index contributed by atoms with van der Waals surface area (Å²) in [5, 5.41) is 3.01. The fourth-order valence-corrected chi connectivity index (χ4v) is 1.68. The van der Waals surface area contributed by atoms with E-state index in [0.717, 1.165) is 11.3 Å². The number of guanidine groups is 1. The molecule has 0 fully saturated rings. The normalized spacial score (nSPS) is 12.1. The molecule has 0 saturated heterocycles. The Kier molecular flexibility index (Phi) is 6.28. The van der Waals surface area contributed by atoms with Crippen molar-refractivity contribution in [3.05, 3.63) is 42.0 Å². The van der Waals surface area contributed by atoms with Gasteiger partial charge >= 0.3 is 0 Å². The van der Waals surface area contributed by atoms with Crippen LogP contribution in [-0.2, 0) is 5.41 Å². The molecule has 0 saturated carbocycles. The second-order valence-electron chi connectivity index (χ2n) is 6.21. The average molecular weight is 289 g/mol. The largest absolute Gasteiger partial charge is 0.492 e. The monoisotopic (exact) mass is 289 g/mol. The Bertz CT molecular complexity index is 501. The zero-order valence-electron chi connectivity index (χ0n) is 13.6. The van der Waals surface area contributed by atoms with Gasteiger partial charge in [0.25, 0.3) is 0 Å². The smallest absolute Gasteiger partial charge is 0.189 e. The molecule has 116 valence electrons. The predicted octanol–water partition coefficient (Wildman–Crippen LogP) is 2.84. The van der Waals surface area contributed by atoms with E-state index in [1.54, 1.807) is 0 Å². The number of benzene rings is 1. The summed E-state index contributed by atoms with van der Waals surface area (Å²) in [6, 6.07) is 8.19. The number of rotatable bonds is 6. The molecule has 0 heterocycles. The van der Waals surface area contributed by atoms with Crippen molar-refractivity contribution in [3.8, 4) is 5.75 Å². The summed E-state index contributed by atoms with van der Waals surface area (Å²) in [4.78, 5) is 4.14. The van der Waals surface area contributed by atoms with Gasteiger partial charge in [-0.3, -0.25) is 0 Å². The minimum atomic E-state index is 0.122. The molecule has 1 rings (SSSR count). The van der Waals surface area contributed by atoms with Crippen LogP contribution in [0.4, 0.5) is 0 Å². The van der Waals surface area contributed by atoms with Crippen LogP contribution in [0.15, 0.2) is 41.4 Å². The van der Waals surface area contributed by atoms with Crippen molar-refractivity contribution in [1.29, 1.82) is 0 Å². The standard InChI is InChI=1S/C17H27N3O/c1-13(2)12-20-16(18)19-9-10-21-15-8-6-7-14(11-15)17(3,4)5/h6-8,11H,1,9-10,12H2,2-5H3,(H3,18,19,20). The number of hydrogen-bond donors (Lipinski definition) is 2. The second kappa shape index (κ2) is 7.72. The Hall–Kier alpha value is -1.97. The molecule has 4 nitrogen and oxygen atoms in total. The Morgan fingerprint density at radius 1 is 1.38 bits per heavy atom. The first-order valence-corrected chi connectivity index (χ1v) is 7.20. The van der Waals surface area contributed by atoms with E-state index in [4.69, 9.17) is 10.5 Å². The van der Waals surface area contributed by atoms with E-state index in [1.807, 2.05) is 19.1 Å². The Morgan fingerprint density at radius 2 is 2.10 bits per heavy atom. The molecule has 0 bridgehead atoms. The fourth-order valence-electron chi connectivity index (χ4n) is 1.68. The van der Waals surface area contributed by atoms with E-state index in [0.29, 0.717) is 25.7 Å². The molecule has 1 aromatic carbocycles. The summed E-state index contributed by atoms with van der Waals surface area (Å²) in [6.07, 6.45) is 0. The van der Waals surface area contributed by atoms with Gasteiger partial charge in [-0.05, 0) is 30.0 Å². The lowest BCUT2D eigenvalue weighted by Gasteiger charge is -2.19. The maximum absolute atomic E-state index is 5.73. The lowest BCUT2D eigenvalue weighted by molar-refractivity contribution is 0.321. The summed E-state index contributed by atoms with van der Waals surface area (Å²) in [6.45, 7) is 14.0. The van der Waals surface area contributed by atoms with Crippen molar-refractivity contribution in [3.63, 3.8) is 0 Å². The lowest BCUT2D eigenvalue weighted by Crippen LogP contribution is -2.34. The number of nitrogens with zero attached hydrogens (tertiary/aromatic N) is 1. The van der Waals surface area contributed by atoms with Gasteiger partial charge in [-0.2, -0.15) is 0 Å². The Morgan fingerprint density at radius 3 is 2.71 bits per heavy atom. The minimum Gasteiger partial charge on any atom is -0.492 e. The Balaban J connectivity index is 2.40. The summed E-state index contributed by atoms with van der Waals surface area (Å²) in [5.41, 5.74) is 8.09. The summed E-state index contributed by atoms with van der Waals surface area (Å²) in [5.74, 6) is 1.30. The highest BCUT2D eigenvalue weighted by molar-refractivity contribution is 5.77. The van der Waals surface area contributed by atoms with Crippen LogP contribution in [0.3, 0.4) is 0 Å². The summed E-state index contributed by atoms with van der Waals surface area (Å²) in [7, 11) is 0. The topological polar surface area (TPSA) is 59.6 Å². The molecule has 0 unspecified atom stereocenters. The van der Waals surface area contributed by atoms with Crippen LogP contribution in [0.25, 0.3) is 0 Å². The van der Waals surface area contributed by atoms with Crippen molar-refractivity contribution in [2.45, 2.75) is 33.1 Å². The van der Waals surface area contributed by atoms with Crippen molar-refractivity contribution in [1.82, 2.24) is 5.32 Å². The molecular weight excluding hydrogens is 262 g/mol. The van der Waals surface area contributed by atoms with E-state index in [2.05, 4.69) is 49.8 Å². The number of nitrogens with one attached hydrogen (secondary N) is 1. The van der Waals surface area contributed by atoms with Crippen molar-refractivity contribution >= 4 is 5.96 Å². The first kappa shape index (κ1) is 17.1. The molecule has 0 aliphatic rings. The minimum absolute atomic E-state index is 0.122. The van der Waals surface area contributed by atoms with E-state index in [9.17, 15) is 0 Å². The average Bonchev–Trinajstić information content (AvgIpc) is 2.41. The zero-order chi connectivity index (χ0) is 15.9. The molecular formula is C17H27N3O. The van der Waals surface area contributed by atoms with Gasteiger partial charge in [-0.25, -0.2) is 4.99 Å². The highest BCUT2D eigenvalue weighted by Crippen LogP contribution is 2.25. The lowest BCUT2D eigenvalue weighted by atomic mass is 9.87. The van der Waals surface area contributed by atoms with E-state index in [-0.39, 0.29) is 5.41 Å². The quantitative estimate of drug-likeness (QED) is 0.366. The van der Waals surface area contributed by atoms with Gasteiger partial charge in [0.2, 0.25) is 0 Å². The van der Waals surface area contributed by atoms with Gasteiger partial charge in [0.15, 0.2) is 5.96 Å². The van der Waals surface area contributed by atoms with Crippen LogP contribution >= 0.6 is 0 Å². The van der Waals surface area contributed by atoms with Crippen molar-refractivity contribution in [2.24, 2.45) is 10.7 Å². The summed E-state index contributed by atoms with van der Waals surface area (Å²) < 4.78 is 5.73. The molecule has 0 aliphatic heterocycles. The summed E-state index contributed by atoms with van der Waals surface area (Å²) >= 11 is 0. The van der Waals surface area contributed by atoms with Gasteiger partial charge < -0.3 is 15.8 Å². The van der Waals surface area contributed by atoms with E-state index in [1.165, 1.54) is 5.56 Å². The number of aliphatic imine (C=N–C) groups is 1. The first-order valence-electron chi connectivity index (χ1n) is 7.20. The maximum atomic E-state index is 5.73. The van der Waals surface area contributed by atoms with Crippen LogP contribution in [0.1, 0.15) is 33.3 Å². The predicted molar refractivity (Wildman–Crippen MR) is 89.9 cm³/mol. The van der Waals surface area contributed by atoms with Crippen LogP contribution in [0.5, 0.6) is 5.75 Å². The molecule has 21 heavy (non-hydrogen) atoms. The number of nitrogens with two attached hydrogens (primary N) is 1. The van der Waals surface area contributed by atoms with Gasteiger partial charge in [0.1, 0.15) is 12.4 Å². The molecule has 1 aromatic rings. The van der Waals surface area contributed by atoms with Gasteiger partial charge in [-0.1, -0.05) is 45.1 Å². The molecule has 3 N–H and O–H groups in total. The third-order valence-electron chi connectivity index (χ3n) is 2.90. The van der Waals surface area contributed by atoms with Gasteiger partial charge in [0.05, 0.1) is 13.1 Å². The van der Waals surface area contributed by atoms with E-state index < -0.39 is 0 Å². The van der Waals surface area contributed by atoms with Crippen LogP contribution in [0.2, 0.25) is 0 Å². The Labute approximate surface area is 128 Å². The second-order valence-corrected chi connectivity index (χ2v) is 6.21. The molecule has 0 aromatic heterocycles. The molecule has 0 spiro atoms. The molecule has 0 amide bonds.